The quantitative estimate of drug-likeness (QED) is 0.436. The van der Waals surface area contributed by atoms with Crippen LogP contribution in [0.4, 0.5) is 0 Å². The van der Waals surface area contributed by atoms with Gasteiger partial charge in [0, 0.05) is 5.57 Å². The normalized spacial score (nSPS) is 9.61. The maximum Gasteiger partial charge on any atom is 0.277 e. The van der Waals surface area contributed by atoms with Crippen LogP contribution < -0.4 is 0 Å². The van der Waals surface area contributed by atoms with Crippen molar-refractivity contribution in [2.24, 2.45) is 0 Å². The molecule has 0 aliphatic rings. The van der Waals surface area contributed by atoms with Crippen LogP contribution in [0.25, 0.3) is 0 Å². The fourth-order valence-electron chi connectivity index (χ4n) is 1.24. The maximum atomic E-state index is 11.9. The van der Waals surface area contributed by atoms with Crippen molar-refractivity contribution in [3.63, 3.8) is 0 Å². The van der Waals surface area contributed by atoms with Crippen LogP contribution in [0.5, 0.6) is 0 Å². The summed E-state index contributed by atoms with van der Waals surface area (Å²) in [7, 11) is 0. The number of hydroxylamine groups is 2. The monoisotopic (exact) mass is 243 g/mol. The van der Waals surface area contributed by atoms with Crippen molar-refractivity contribution in [3.05, 3.63) is 73.0 Å². The lowest BCUT2D eigenvalue weighted by atomic mass is 10.2. The molecule has 94 valence electrons. The molecule has 0 aromatic heterocycles. The summed E-state index contributed by atoms with van der Waals surface area (Å²) < 4.78 is 0. The summed E-state index contributed by atoms with van der Waals surface area (Å²) in [6.07, 6.45) is 1.46. The van der Waals surface area contributed by atoms with Gasteiger partial charge in [-0.3, -0.25) is 9.63 Å². The highest BCUT2D eigenvalue weighted by molar-refractivity contribution is 5.92. The van der Waals surface area contributed by atoms with E-state index in [-0.39, 0.29) is 12.5 Å². The molecule has 3 heteroatoms. The molecule has 0 fully saturated rings. The Balaban J connectivity index is 2.74. The first-order valence-electron chi connectivity index (χ1n) is 5.54. The van der Waals surface area contributed by atoms with Gasteiger partial charge in [0.25, 0.3) is 5.91 Å². The molecule has 0 bridgehead atoms. The van der Waals surface area contributed by atoms with E-state index in [0.717, 1.165) is 10.6 Å². The van der Waals surface area contributed by atoms with Crippen LogP contribution in [0.1, 0.15) is 12.5 Å². The summed E-state index contributed by atoms with van der Waals surface area (Å²) in [5.74, 6) is -0.323. The largest absolute Gasteiger partial charge is 0.277 e. The van der Waals surface area contributed by atoms with Crippen LogP contribution >= 0.6 is 0 Å². The van der Waals surface area contributed by atoms with Gasteiger partial charge in [0.2, 0.25) is 0 Å². The molecule has 0 atom stereocenters. The van der Waals surface area contributed by atoms with E-state index in [1.54, 1.807) is 6.92 Å². The zero-order valence-corrected chi connectivity index (χ0v) is 10.6. The Kier molecular flexibility index (Phi) is 5.08. The molecule has 1 rings (SSSR count). The molecule has 1 amide bonds. The predicted molar refractivity (Wildman–Crippen MR) is 72.2 cm³/mol. The highest BCUT2D eigenvalue weighted by Gasteiger charge is 2.16. The fraction of sp³-hybridized carbons (Fsp3) is 0.133. The van der Waals surface area contributed by atoms with E-state index in [4.69, 9.17) is 4.84 Å². The van der Waals surface area contributed by atoms with Crippen molar-refractivity contribution in [2.75, 3.05) is 0 Å². The number of benzene rings is 1. The summed E-state index contributed by atoms with van der Waals surface area (Å²) in [6.45, 7) is 12.8. The van der Waals surface area contributed by atoms with E-state index >= 15 is 0 Å². The summed E-state index contributed by atoms with van der Waals surface area (Å²) in [5, 5.41) is 1.11. The molecule has 18 heavy (non-hydrogen) atoms. The van der Waals surface area contributed by atoms with Crippen LogP contribution in [0.3, 0.4) is 0 Å². The minimum absolute atomic E-state index is 0.284. The zero-order chi connectivity index (χ0) is 13.5. The Morgan fingerprint density at radius 1 is 1.33 bits per heavy atom. The summed E-state index contributed by atoms with van der Waals surface area (Å²) in [4.78, 5) is 17.3. The van der Waals surface area contributed by atoms with E-state index in [2.05, 4.69) is 19.7 Å². The molecule has 0 saturated carbocycles. The Hall–Kier alpha value is -2.13. The van der Waals surface area contributed by atoms with E-state index < -0.39 is 0 Å². The third-order valence-electron chi connectivity index (χ3n) is 2.25. The Morgan fingerprint density at radius 3 is 2.44 bits per heavy atom. The fourth-order valence-corrected chi connectivity index (χ4v) is 1.24. The van der Waals surface area contributed by atoms with Gasteiger partial charge in [-0.05, 0) is 18.6 Å². The van der Waals surface area contributed by atoms with Crippen LogP contribution in [0, 0.1) is 0 Å². The number of allylic oxidation sites excluding steroid dienone is 1. The first-order valence-corrected chi connectivity index (χ1v) is 5.54. The van der Waals surface area contributed by atoms with Gasteiger partial charge < -0.3 is 0 Å². The molecule has 0 saturated heterocycles. The van der Waals surface area contributed by atoms with Gasteiger partial charge >= 0.3 is 0 Å². The molecule has 0 radical (unpaired) electrons. The van der Waals surface area contributed by atoms with E-state index in [1.807, 2.05) is 30.3 Å². The second kappa shape index (κ2) is 6.57. The van der Waals surface area contributed by atoms with Crippen molar-refractivity contribution in [3.8, 4) is 0 Å². The predicted octanol–water partition coefficient (Wildman–Crippen LogP) is 3.22. The van der Waals surface area contributed by atoms with Crippen LogP contribution in [0.2, 0.25) is 0 Å². The first kappa shape index (κ1) is 13.9. The molecule has 0 aliphatic carbocycles. The molecular formula is C15H17NO2. The number of hydrogen-bond acceptors (Lipinski definition) is 2. The molecule has 0 N–H and O–H groups in total. The number of nitrogens with zero attached hydrogens (tertiary/aromatic N) is 1. The molecule has 0 spiro atoms. The lowest BCUT2D eigenvalue weighted by molar-refractivity contribution is -0.173. The zero-order valence-electron chi connectivity index (χ0n) is 10.6. The van der Waals surface area contributed by atoms with E-state index in [0.29, 0.717) is 11.3 Å². The molecule has 0 aliphatic heterocycles. The lowest BCUT2D eigenvalue weighted by Gasteiger charge is -2.22. The lowest BCUT2D eigenvalue weighted by Crippen LogP contribution is -2.29. The number of amides is 1. The van der Waals surface area contributed by atoms with Crippen LogP contribution in [0.15, 0.2) is 67.4 Å². The molecule has 0 heterocycles. The van der Waals surface area contributed by atoms with Gasteiger partial charge in [-0.25, -0.2) is 0 Å². The van der Waals surface area contributed by atoms with Gasteiger partial charge in [0.1, 0.15) is 6.61 Å². The van der Waals surface area contributed by atoms with Crippen molar-refractivity contribution in [1.29, 1.82) is 0 Å². The minimum atomic E-state index is -0.323. The first-order chi connectivity index (χ1) is 8.56. The number of carbonyl (C=O) groups excluding carboxylic acids is 1. The topological polar surface area (TPSA) is 29.5 Å². The molecule has 1 aromatic rings. The second-order valence-corrected chi connectivity index (χ2v) is 3.83. The van der Waals surface area contributed by atoms with Gasteiger partial charge in [0.05, 0.1) is 5.70 Å². The van der Waals surface area contributed by atoms with Crippen molar-refractivity contribution in [1.82, 2.24) is 5.06 Å². The van der Waals surface area contributed by atoms with Gasteiger partial charge in [-0.2, -0.15) is 5.06 Å². The third kappa shape index (κ3) is 3.71. The average molecular weight is 243 g/mol. The van der Waals surface area contributed by atoms with Crippen molar-refractivity contribution in [2.45, 2.75) is 13.5 Å². The summed E-state index contributed by atoms with van der Waals surface area (Å²) in [6, 6.07) is 9.57. The average Bonchev–Trinajstić information content (AvgIpc) is 2.39. The highest BCUT2D eigenvalue weighted by Crippen LogP contribution is 2.11. The highest BCUT2D eigenvalue weighted by atomic mass is 16.7. The maximum absolute atomic E-state index is 11.9. The van der Waals surface area contributed by atoms with E-state index in [1.165, 1.54) is 6.08 Å². The molecule has 1 aromatic carbocycles. The smallest absolute Gasteiger partial charge is 0.267 e. The minimum Gasteiger partial charge on any atom is -0.267 e. The van der Waals surface area contributed by atoms with Gasteiger partial charge in [0.15, 0.2) is 0 Å². The summed E-state index contributed by atoms with van der Waals surface area (Å²) >= 11 is 0. The summed E-state index contributed by atoms with van der Waals surface area (Å²) in [5.41, 5.74) is 1.74. The standard InChI is InChI=1S/C15H17NO2/c1-5-13(4)16(15(17)12(2)3)18-11-14-9-7-6-8-10-14/h5-10H,1-2,4,11H2,3H3. The van der Waals surface area contributed by atoms with Crippen LogP contribution in [-0.2, 0) is 16.2 Å². The number of rotatable bonds is 6. The SMILES string of the molecule is C=CC(=C)N(OCc1ccccc1)C(=O)C(=C)C. The van der Waals surface area contributed by atoms with Crippen molar-refractivity contribution >= 4 is 5.91 Å². The van der Waals surface area contributed by atoms with Crippen molar-refractivity contribution < 1.29 is 9.63 Å². The Bertz CT molecular complexity index is 463. The Labute approximate surface area is 108 Å². The van der Waals surface area contributed by atoms with Crippen LogP contribution in [-0.4, -0.2) is 11.0 Å². The van der Waals surface area contributed by atoms with Gasteiger partial charge in [-0.15, -0.1) is 0 Å². The number of hydrogen-bond donors (Lipinski definition) is 0. The van der Waals surface area contributed by atoms with E-state index in [9.17, 15) is 4.79 Å². The molecular weight excluding hydrogens is 226 g/mol. The third-order valence-corrected chi connectivity index (χ3v) is 2.25. The molecule has 0 unspecified atom stereocenters. The molecule has 3 nitrogen and oxygen atoms in total. The second-order valence-electron chi connectivity index (χ2n) is 3.83. The van der Waals surface area contributed by atoms with Gasteiger partial charge in [-0.1, -0.05) is 50.1 Å². The Morgan fingerprint density at radius 2 is 1.94 bits per heavy atom. The number of carbonyl (C=O) groups is 1.